The quantitative estimate of drug-likeness (QED) is 0.251. The summed E-state index contributed by atoms with van der Waals surface area (Å²) in [6, 6.07) is 18.2. The van der Waals surface area contributed by atoms with Crippen LogP contribution in [0.1, 0.15) is 81.0 Å². The molecular weight excluding hydrogens is 367 g/mol. The van der Waals surface area contributed by atoms with E-state index in [2.05, 4.69) is 50.0 Å². The molecule has 0 saturated heterocycles. The van der Waals surface area contributed by atoms with Gasteiger partial charge in [0, 0.05) is 10.9 Å². The smallest absolute Gasteiger partial charge is 0.146 e. The third-order valence-electron chi connectivity index (χ3n) is 5.70. The topological polar surface area (TPSA) is 0 Å². The van der Waals surface area contributed by atoms with Gasteiger partial charge in [-0.25, -0.2) is 4.39 Å². The van der Waals surface area contributed by atoms with Crippen LogP contribution < -0.4 is 0 Å². The molecule has 0 aromatic heterocycles. The molecule has 0 bridgehead atoms. The van der Waals surface area contributed by atoms with Gasteiger partial charge >= 0.3 is 0 Å². The fraction of sp³-hybridized carbons (Fsp3) is 0.379. The van der Waals surface area contributed by atoms with Gasteiger partial charge in [0.1, 0.15) is 5.82 Å². The van der Waals surface area contributed by atoms with E-state index in [9.17, 15) is 4.39 Å². The Hall–Kier alpha value is -2.59. The number of hydrogen-bond acceptors (Lipinski definition) is 0. The van der Waals surface area contributed by atoms with E-state index in [1.807, 2.05) is 30.3 Å². The van der Waals surface area contributed by atoms with Gasteiger partial charge in [-0.2, -0.15) is 0 Å². The largest absolute Gasteiger partial charge is 0.205 e. The molecule has 30 heavy (non-hydrogen) atoms. The van der Waals surface area contributed by atoms with Crippen LogP contribution in [0.2, 0.25) is 0 Å². The van der Waals surface area contributed by atoms with Crippen molar-refractivity contribution in [3.63, 3.8) is 0 Å². The van der Waals surface area contributed by atoms with Crippen molar-refractivity contribution < 1.29 is 4.39 Å². The molecule has 0 spiro atoms. The van der Waals surface area contributed by atoms with E-state index in [4.69, 9.17) is 0 Å². The average molecular weight is 401 g/mol. The minimum absolute atomic E-state index is 0.214. The van der Waals surface area contributed by atoms with Crippen LogP contribution in [0, 0.1) is 17.7 Å². The summed E-state index contributed by atoms with van der Waals surface area (Å²) >= 11 is 0. The SMILES string of the molecule is CCCCCCCc1ccc2c(F)c(C#Cc3ccc(CCCC)cc3)ccc2c1. The second-order valence-corrected chi connectivity index (χ2v) is 8.20. The predicted octanol–water partition coefficient (Wildman–Crippen LogP) is 8.23. The molecule has 0 atom stereocenters. The molecule has 0 fully saturated rings. The van der Waals surface area contributed by atoms with Gasteiger partial charge in [-0.05, 0) is 60.4 Å². The van der Waals surface area contributed by atoms with E-state index in [1.165, 1.54) is 56.1 Å². The molecule has 1 heteroatoms. The molecule has 0 amide bonds. The van der Waals surface area contributed by atoms with E-state index in [1.54, 1.807) is 0 Å². The monoisotopic (exact) mass is 400 g/mol. The van der Waals surface area contributed by atoms with Crippen LogP contribution in [0.25, 0.3) is 10.8 Å². The van der Waals surface area contributed by atoms with Crippen molar-refractivity contribution in [3.05, 3.63) is 82.7 Å². The fourth-order valence-electron chi connectivity index (χ4n) is 3.80. The van der Waals surface area contributed by atoms with Gasteiger partial charge in [-0.1, -0.05) is 94.2 Å². The van der Waals surface area contributed by atoms with Gasteiger partial charge < -0.3 is 0 Å². The molecule has 0 nitrogen and oxygen atoms in total. The molecule has 0 N–H and O–H groups in total. The number of benzene rings is 3. The first-order valence-electron chi connectivity index (χ1n) is 11.5. The van der Waals surface area contributed by atoms with Crippen LogP contribution in [-0.4, -0.2) is 0 Å². The Balaban J connectivity index is 1.70. The normalized spacial score (nSPS) is 10.8. The number of aryl methyl sites for hydroxylation is 2. The Labute approximate surface area is 181 Å². The second kappa shape index (κ2) is 11.6. The number of halogens is 1. The Morgan fingerprint density at radius 2 is 1.37 bits per heavy atom. The van der Waals surface area contributed by atoms with E-state index in [-0.39, 0.29) is 5.82 Å². The lowest BCUT2D eigenvalue weighted by Crippen LogP contribution is -1.90. The summed E-state index contributed by atoms with van der Waals surface area (Å²) in [5.74, 6) is 5.93. The maximum atomic E-state index is 15.0. The van der Waals surface area contributed by atoms with E-state index < -0.39 is 0 Å². The Morgan fingerprint density at radius 3 is 2.13 bits per heavy atom. The zero-order valence-corrected chi connectivity index (χ0v) is 18.4. The lowest BCUT2D eigenvalue weighted by Gasteiger charge is -2.06. The van der Waals surface area contributed by atoms with Crippen LogP contribution in [0.4, 0.5) is 4.39 Å². The van der Waals surface area contributed by atoms with Gasteiger partial charge in [-0.3, -0.25) is 0 Å². The minimum atomic E-state index is -0.214. The molecule has 3 aromatic carbocycles. The number of fused-ring (bicyclic) bond motifs is 1. The van der Waals surface area contributed by atoms with Crippen molar-refractivity contribution in [3.8, 4) is 11.8 Å². The first kappa shape index (κ1) is 22.1. The first-order valence-corrected chi connectivity index (χ1v) is 11.5. The Morgan fingerprint density at radius 1 is 0.667 bits per heavy atom. The summed E-state index contributed by atoms with van der Waals surface area (Å²) in [7, 11) is 0. The average Bonchev–Trinajstić information content (AvgIpc) is 2.78. The maximum Gasteiger partial charge on any atom is 0.146 e. The molecule has 0 aliphatic carbocycles. The highest BCUT2D eigenvalue weighted by Crippen LogP contribution is 2.23. The molecule has 3 rings (SSSR count). The molecular formula is C29H33F. The second-order valence-electron chi connectivity index (χ2n) is 8.20. The highest BCUT2D eigenvalue weighted by atomic mass is 19.1. The van der Waals surface area contributed by atoms with Crippen molar-refractivity contribution in [2.24, 2.45) is 0 Å². The third-order valence-corrected chi connectivity index (χ3v) is 5.70. The molecule has 0 radical (unpaired) electrons. The third kappa shape index (κ3) is 6.20. The standard InChI is InChI=1S/C29H33F/c1-3-5-7-8-9-11-25-17-21-28-27(22-25)20-19-26(29(28)30)18-16-24-14-12-23(13-15-24)10-6-4-2/h12-15,17,19-22H,3-11H2,1-2H3. The summed E-state index contributed by atoms with van der Waals surface area (Å²) in [6.45, 7) is 4.44. The van der Waals surface area contributed by atoms with Crippen molar-refractivity contribution in [2.45, 2.75) is 71.6 Å². The Kier molecular flexibility index (Phi) is 8.52. The van der Waals surface area contributed by atoms with Gasteiger partial charge in [-0.15, -0.1) is 0 Å². The molecule has 0 aliphatic heterocycles. The molecule has 3 aromatic rings. The zero-order valence-electron chi connectivity index (χ0n) is 18.4. The molecule has 156 valence electrons. The van der Waals surface area contributed by atoms with Crippen molar-refractivity contribution in [1.82, 2.24) is 0 Å². The van der Waals surface area contributed by atoms with E-state index in [0.29, 0.717) is 10.9 Å². The van der Waals surface area contributed by atoms with Gasteiger partial charge in [0.05, 0.1) is 5.56 Å². The first-order chi connectivity index (χ1) is 14.7. The lowest BCUT2D eigenvalue weighted by atomic mass is 10.00. The summed E-state index contributed by atoms with van der Waals surface area (Å²) in [6.07, 6.45) is 10.9. The number of hydrogen-bond donors (Lipinski definition) is 0. The highest BCUT2D eigenvalue weighted by Gasteiger charge is 2.06. The van der Waals surface area contributed by atoms with Gasteiger partial charge in [0.2, 0.25) is 0 Å². The summed E-state index contributed by atoms with van der Waals surface area (Å²) in [5, 5.41) is 1.62. The van der Waals surface area contributed by atoms with Gasteiger partial charge in [0.15, 0.2) is 0 Å². The van der Waals surface area contributed by atoms with Crippen molar-refractivity contribution in [2.75, 3.05) is 0 Å². The summed E-state index contributed by atoms with van der Waals surface area (Å²) in [4.78, 5) is 0. The number of unbranched alkanes of at least 4 members (excludes halogenated alkanes) is 5. The molecule has 0 aliphatic rings. The Bertz CT molecular complexity index is 1000. The van der Waals surface area contributed by atoms with Crippen molar-refractivity contribution >= 4 is 10.8 Å². The minimum Gasteiger partial charge on any atom is -0.205 e. The zero-order chi connectivity index (χ0) is 21.2. The maximum absolute atomic E-state index is 15.0. The van der Waals surface area contributed by atoms with Gasteiger partial charge in [0.25, 0.3) is 0 Å². The molecule has 0 heterocycles. The number of rotatable bonds is 9. The van der Waals surface area contributed by atoms with E-state index in [0.717, 1.165) is 23.8 Å². The van der Waals surface area contributed by atoms with Crippen LogP contribution in [0.3, 0.4) is 0 Å². The molecule has 0 unspecified atom stereocenters. The van der Waals surface area contributed by atoms with E-state index >= 15 is 0 Å². The van der Waals surface area contributed by atoms with Crippen molar-refractivity contribution in [1.29, 1.82) is 0 Å². The van der Waals surface area contributed by atoms with Crippen LogP contribution in [0.15, 0.2) is 54.6 Å². The summed E-state index contributed by atoms with van der Waals surface area (Å²) < 4.78 is 15.0. The predicted molar refractivity (Wildman–Crippen MR) is 127 cm³/mol. The lowest BCUT2D eigenvalue weighted by molar-refractivity contribution is 0.631. The van der Waals surface area contributed by atoms with Crippen LogP contribution in [-0.2, 0) is 12.8 Å². The van der Waals surface area contributed by atoms with Crippen LogP contribution >= 0.6 is 0 Å². The fourth-order valence-corrected chi connectivity index (χ4v) is 3.80. The molecule has 0 saturated carbocycles. The van der Waals surface area contributed by atoms with Crippen LogP contribution in [0.5, 0.6) is 0 Å². The highest BCUT2D eigenvalue weighted by molar-refractivity contribution is 5.85. The summed E-state index contributed by atoms with van der Waals surface area (Å²) in [5.41, 5.74) is 4.01.